The van der Waals surface area contributed by atoms with Crippen molar-refractivity contribution < 1.29 is 28.6 Å². The van der Waals surface area contributed by atoms with Crippen LogP contribution in [0.15, 0.2) is 77.9 Å². The van der Waals surface area contributed by atoms with Crippen LogP contribution in [0.4, 0.5) is 11.4 Å². The Morgan fingerprint density at radius 2 is 1.53 bits per heavy atom. The smallest absolute Gasteiger partial charge is 0.329 e. The normalized spacial score (nSPS) is 10.5. The van der Waals surface area contributed by atoms with Gasteiger partial charge in [-0.15, -0.1) is 0 Å². The lowest BCUT2D eigenvalue weighted by Gasteiger charge is -2.12. The van der Waals surface area contributed by atoms with Gasteiger partial charge in [0.1, 0.15) is 5.75 Å². The van der Waals surface area contributed by atoms with Gasteiger partial charge in [-0.2, -0.15) is 5.10 Å². The van der Waals surface area contributed by atoms with Crippen molar-refractivity contribution >= 4 is 35.3 Å². The van der Waals surface area contributed by atoms with Gasteiger partial charge in [0.2, 0.25) is 0 Å². The number of hydrazone groups is 1. The topological polar surface area (TPSA) is 127 Å². The van der Waals surface area contributed by atoms with Crippen LogP contribution in [0.25, 0.3) is 0 Å². The van der Waals surface area contributed by atoms with E-state index in [-0.39, 0.29) is 12.5 Å². The molecule has 0 atom stereocenters. The van der Waals surface area contributed by atoms with Crippen LogP contribution >= 0.6 is 0 Å². The summed E-state index contributed by atoms with van der Waals surface area (Å²) in [7, 11) is 0. The Balaban J connectivity index is 1.51. The summed E-state index contributed by atoms with van der Waals surface area (Å²) in [4.78, 5) is 36.4. The Morgan fingerprint density at radius 3 is 2.24 bits per heavy atom. The fourth-order valence-electron chi connectivity index (χ4n) is 3.11. The van der Waals surface area contributed by atoms with E-state index in [9.17, 15) is 14.4 Å². The summed E-state index contributed by atoms with van der Waals surface area (Å²) in [6, 6.07) is 20.7. The van der Waals surface area contributed by atoms with Gasteiger partial charge in [-0.05, 0) is 73.5 Å². The summed E-state index contributed by atoms with van der Waals surface area (Å²) in [5, 5.41) is 9.08. The molecule has 0 unspecified atom stereocenters. The number of benzene rings is 3. The van der Waals surface area contributed by atoms with Gasteiger partial charge >= 0.3 is 11.8 Å². The van der Waals surface area contributed by atoms with E-state index < -0.39 is 11.8 Å². The Morgan fingerprint density at radius 1 is 0.789 bits per heavy atom. The maximum atomic E-state index is 12.2. The molecule has 0 aliphatic rings. The highest BCUT2D eigenvalue weighted by atomic mass is 16.5. The quantitative estimate of drug-likeness (QED) is 0.189. The van der Waals surface area contributed by atoms with Crippen LogP contribution in [0.3, 0.4) is 0 Å². The molecule has 10 heteroatoms. The zero-order chi connectivity index (χ0) is 27.2. The van der Waals surface area contributed by atoms with E-state index in [1.165, 1.54) is 6.21 Å². The average Bonchev–Trinajstić information content (AvgIpc) is 2.93. The number of nitrogens with zero attached hydrogens (tertiary/aromatic N) is 1. The highest BCUT2D eigenvalue weighted by Crippen LogP contribution is 2.28. The first-order chi connectivity index (χ1) is 18.5. The van der Waals surface area contributed by atoms with E-state index >= 15 is 0 Å². The van der Waals surface area contributed by atoms with E-state index in [1.807, 2.05) is 32.0 Å². The minimum Gasteiger partial charge on any atom is -0.494 e. The SMILES string of the molecule is CCCOc1ccc(NC(=O)C(=O)N/N=C\c2ccc(OCC(=O)Nc3ccccc3)c(OCC)c2)cc1. The lowest BCUT2D eigenvalue weighted by Crippen LogP contribution is -2.32. The highest BCUT2D eigenvalue weighted by molar-refractivity contribution is 6.39. The summed E-state index contributed by atoms with van der Waals surface area (Å²) in [5.41, 5.74) is 3.89. The molecule has 0 saturated heterocycles. The Kier molecular flexibility index (Phi) is 10.7. The molecule has 0 bridgehead atoms. The van der Waals surface area contributed by atoms with E-state index in [1.54, 1.807) is 54.6 Å². The Bertz CT molecular complexity index is 1250. The predicted octanol–water partition coefficient (Wildman–Crippen LogP) is 3.98. The third kappa shape index (κ3) is 8.98. The van der Waals surface area contributed by atoms with Crippen molar-refractivity contribution in [3.8, 4) is 17.2 Å². The summed E-state index contributed by atoms with van der Waals surface area (Å²) in [6.45, 7) is 4.59. The highest BCUT2D eigenvalue weighted by Gasteiger charge is 2.13. The number of nitrogens with one attached hydrogen (secondary N) is 3. The van der Waals surface area contributed by atoms with E-state index in [0.717, 1.165) is 6.42 Å². The number of hydrogen-bond acceptors (Lipinski definition) is 7. The first-order valence-electron chi connectivity index (χ1n) is 12.1. The first kappa shape index (κ1) is 27.7. The van der Waals surface area contributed by atoms with Gasteiger partial charge in [0, 0.05) is 11.4 Å². The maximum absolute atomic E-state index is 12.2. The van der Waals surface area contributed by atoms with Crippen LogP contribution in [0.5, 0.6) is 17.2 Å². The van der Waals surface area contributed by atoms with E-state index in [0.29, 0.717) is 47.4 Å². The summed E-state index contributed by atoms with van der Waals surface area (Å²) in [6.07, 6.45) is 2.25. The Labute approximate surface area is 221 Å². The molecule has 3 N–H and O–H groups in total. The van der Waals surface area contributed by atoms with Gasteiger partial charge in [0.15, 0.2) is 18.1 Å². The van der Waals surface area contributed by atoms with Gasteiger partial charge in [0.05, 0.1) is 19.4 Å². The number of rotatable bonds is 12. The van der Waals surface area contributed by atoms with Crippen molar-refractivity contribution in [3.05, 3.63) is 78.4 Å². The van der Waals surface area contributed by atoms with Crippen molar-refractivity contribution in [2.24, 2.45) is 5.10 Å². The number of ether oxygens (including phenoxy) is 3. The minimum atomic E-state index is -0.929. The van der Waals surface area contributed by atoms with E-state index in [2.05, 4.69) is 21.2 Å². The molecule has 3 aromatic rings. The van der Waals surface area contributed by atoms with Crippen molar-refractivity contribution in [1.29, 1.82) is 0 Å². The lowest BCUT2D eigenvalue weighted by molar-refractivity contribution is -0.136. The zero-order valence-corrected chi connectivity index (χ0v) is 21.2. The van der Waals surface area contributed by atoms with Gasteiger partial charge in [-0.3, -0.25) is 14.4 Å². The predicted molar refractivity (Wildman–Crippen MR) is 145 cm³/mol. The summed E-state index contributed by atoms with van der Waals surface area (Å²) < 4.78 is 16.7. The lowest BCUT2D eigenvalue weighted by atomic mass is 10.2. The van der Waals surface area contributed by atoms with Gasteiger partial charge in [0.25, 0.3) is 5.91 Å². The number of amides is 3. The number of para-hydroxylation sites is 1. The van der Waals surface area contributed by atoms with E-state index in [4.69, 9.17) is 14.2 Å². The third-order valence-corrected chi connectivity index (χ3v) is 4.85. The molecule has 38 heavy (non-hydrogen) atoms. The third-order valence-electron chi connectivity index (χ3n) is 4.85. The number of anilines is 2. The molecule has 3 aromatic carbocycles. The largest absolute Gasteiger partial charge is 0.494 e. The molecular weight excluding hydrogens is 488 g/mol. The van der Waals surface area contributed by atoms with Crippen LogP contribution < -0.4 is 30.3 Å². The molecular formula is C28H30N4O6. The molecule has 0 spiro atoms. The molecule has 0 aliphatic heterocycles. The molecule has 0 aromatic heterocycles. The van der Waals surface area contributed by atoms with Crippen LogP contribution in [0.1, 0.15) is 25.8 Å². The zero-order valence-electron chi connectivity index (χ0n) is 21.2. The summed E-state index contributed by atoms with van der Waals surface area (Å²) >= 11 is 0. The van der Waals surface area contributed by atoms with Crippen molar-refractivity contribution in [1.82, 2.24) is 5.43 Å². The second kappa shape index (κ2) is 14.6. The van der Waals surface area contributed by atoms with Crippen LogP contribution in [-0.4, -0.2) is 43.8 Å². The second-order valence-corrected chi connectivity index (χ2v) is 7.87. The van der Waals surface area contributed by atoms with Crippen LogP contribution in [0.2, 0.25) is 0 Å². The second-order valence-electron chi connectivity index (χ2n) is 7.87. The fraction of sp³-hybridized carbons (Fsp3) is 0.214. The fourth-order valence-corrected chi connectivity index (χ4v) is 3.11. The first-order valence-corrected chi connectivity index (χ1v) is 12.1. The Hall–Kier alpha value is -4.86. The van der Waals surface area contributed by atoms with Gasteiger partial charge < -0.3 is 24.8 Å². The average molecular weight is 519 g/mol. The molecule has 198 valence electrons. The molecule has 3 rings (SSSR count). The van der Waals surface area contributed by atoms with Crippen molar-refractivity contribution in [2.45, 2.75) is 20.3 Å². The summed E-state index contributed by atoms with van der Waals surface area (Å²) in [5.74, 6) is -0.650. The number of hydrogen-bond donors (Lipinski definition) is 3. The molecule has 0 heterocycles. The molecule has 0 saturated carbocycles. The van der Waals surface area contributed by atoms with Gasteiger partial charge in [-0.1, -0.05) is 25.1 Å². The molecule has 0 aliphatic carbocycles. The number of carbonyl (C=O) groups is 3. The minimum absolute atomic E-state index is 0.206. The number of carbonyl (C=O) groups excluding carboxylic acids is 3. The monoisotopic (exact) mass is 518 g/mol. The van der Waals surface area contributed by atoms with Gasteiger partial charge in [-0.25, -0.2) is 5.43 Å². The maximum Gasteiger partial charge on any atom is 0.329 e. The van der Waals surface area contributed by atoms with Crippen LogP contribution in [-0.2, 0) is 14.4 Å². The molecule has 0 radical (unpaired) electrons. The molecule has 3 amide bonds. The molecule has 0 fully saturated rings. The van der Waals surface area contributed by atoms with Crippen molar-refractivity contribution in [2.75, 3.05) is 30.5 Å². The molecule has 10 nitrogen and oxygen atoms in total. The van der Waals surface area contributed by atoms with Crippen LogP contribution in [0, 0.1) is 0 Å². The standard InChI is InChI=1S/C28H30N4O6/c1-3-16-37-23-13-11-22(12-14-23)31-27(34)28(35)32-29-18-20-10-15-24(25(17-20)36-4-2)38-19-26(33)30-21-8-6-5-7-9-21/h5-15,17-18H,3-4,16,19H2,1-2H3,(H,30,33)(H,31,34)(H,32,35)/b29-18-. The van der Waals surface area contributed by atoms with Crippen molar-refractivity contribution in [3.63, 3.8) is 0 Å².